The molecule has 6 atom stereocenters. The molecule has 4 saturated carbocycles. The normalized spacial score (nSPS) is 38.8. The van der Waals surface area contributed by atoms with Crippen molar-refractivity contribution in [2.75, 3.05) is 4.90 Å². The third-order valence-electron chi connectivity index (χ3n) is 6.66. The van der Waals surface area contributed by atoms with Crippen LogP contribution in [0.25, 0.3) is 0 Å². The lowest BCUT2D eigenvalue weighted by molar-refractivity contribution is -0.138. The van der Waals surface area contributed by atoms with Gasteiger partial charge in [-0.15, -0.1) is 0 Å². The zero-order chi connectivity index (χ0) is 17.7. The first-order valence-electron chi connectivity index (χ1n) is 8.53. The second-order valence-corrected chi connectivity index (χ2v) is 8.55. The fraction of sp³-hybridized carbons (Fsp3) is 0.556. The van der Waals surface area contributed by atoms with Gasteiger partial charge in [-0.05, 0) is 61.1 Å². The topological polar surface area (TPSA) is 37.4 Å². The first kappa shape index (κ1) is 15.9. The maximum absolute atomic E-state index is 13.2. The molecule has 132 valence electrons. The minimum Gasteiger partial charge on any atom is -0.274 e. The van der Waals surface area contributed by atoms with Crippen molar-refractivity contribution in [1.29, 1.82) is 0 Å². The van der Waals surface area contributed by atoms with Gasteiger partial charge in [-0.25, -0.2) is 0 Å². The first-order chi connectivity index (χ1) is 11.8. The largest absolute Gasteiger partial charge is 0.417 e. The number of alkyl halides is 3. The van der Waals surface area contributed by atoms with Gasteiger partial charge >= 0.3 is 6.18 Å². The molecule has 1 heterocycles. The van der Waals surface area contributed by atoms with Crippen molar-refractivity contribution in [2.45, 2.75) is 25.4 Å². The van der Waals surface area contributed by atoms with Gasteiger partial charge in [0, 0.05) is 4.47 Å². The smallest absolute Gasteiger partial charge is 0.274 e. The molecule has 0 radical (unpaired) electrons. The molecule has 2 bridgehead atoms. The molecule has 6 rings (SSSR count). The van der Waals surface area contributed by atoms with E-state index in [9.17, 15) is 22.8 Å². The van der Waals surface area contributed by atoms with E-state index in [1.165, 1.54) is 12.1 Å². The average Bonchev–Trinajstić information content (AvgIpc) is 3.32. The standard InChI is InChI=1S/C18H15BrF3NO2/c19-13-4-1-7(5-12(13)18(20,21)22)23-16(24)14-8-2-3-9(11-6-10(8)11)15(14)17(23)25/h1,4-5,8-11,14-15H,2-3,6H2/t8-,9+,10+,11-,14-,15+. The maximum Gasteiger partial charge on any atom is 0.417 e. The number of carbonyl (C=O) groups is 2. The molecule has 0 N–H and O–H groups in total. The van der Waals surface area contributed by atoms with E-state index in [0.717, 1.165) is 30.2 Å². The predicted octanol–water partition coefficient (Wildman–Crippen LogP) is 4.25. The lowest BCUT2D eigenvalue weighted by atomic mass is 9.59. The van der Waals surface area contributed by atoms with Crippen LogP contribution in [-0.4, -0.2) is 11.8 Å². The second-order valence-electron chi connectivity index (χ2n) is 7.69. The van der Waals surface area contributed by atoms with Gasteiger partial charge in [0.1, 0.15) is 0 Å². The summed E-state index contributed by atoms with van der Waals surface area (Å²) in [6.45, 7) is 0. The quantitative estimate of drug-likeness (QED) is 0.645. The van der Waals surface area contributed by atoms with Gasteiger partial charge in [0.05, 0.1) is 23.1 Å². The van der Waals surface area contributed by atoms with E-state index in [4.69, 9.17) is 0 Å². The number of rotatable bonds is 1. The van der Waals surface area contributed by atoms with Crippen LogP contribution in [0.1, 0.15) is 24.8 Å². The molecule has 1 saturated heterocycles. The Morgan fingerprint density at radius 1 is 0.960 bits per heavy atom. The van der Waals surface area contributed by atoms with Crippen LogP contribution >= 0.6 is 15.9 Å². The van der Waals surface area contributed by atoms with Gasteiger partial charge in [0.15, 0.2) is 0 Å². The summed E-state index contributed by atoms with van der Waals surface area (Å²) in [6.07, 6.45) is -1.50. The van der Waals surface area contributed by atoms with Gasteiger partial charge < -0.3 is 0 Å². The lowest BCUT2D eigenvalue weighted by Gasteiger charge is -2.42. The summed E-state index contributed by atoms with van der Waals surface area (Å²) in [4.78, 5) is 26.9. The van der Waals surface area contributed by atoms with Crippen molar-refractivity contribution in [1.82, 2.24) is 0 Å². The first-order valence-corrected chi connectivity index (χ1v) is 9.33. The molecule has 0 spiro atoms. The highest BCUT2D eigenvalue weighted by Crippen LogP contribution is 2.68. The number of anilines is 1. The molecule has 0 aromatic heterocycles. The molecule has 1 aliphatic heterocycles. The van der Waals surface area contributed by atoms with Crippen LogP contribution < -0.4 is 4.90 Å². The summed E-state index contributed by atoms with van der Waals surface area (Å²) in [7, 11) is 0. The predicted molar refractivity (Wildman–Crippen MR) is 86.4 cm³/mol. The molecule has 7 heteroatoms. The Balaban J connectivity index is 1.56. The molecule has 4 aliphatic carbocycles. The number of benzene rings is 1. The van der Waals surface area contributed by atoms with E-state index in [1.54, 1.807) is 0 Å². The van der Waals surface area contributed by atoms with Crippen molar-refractivity contribution >= 4 is 33.4 Å². The van der Waals surface area contributed by atoms with Crippen molar-refractivity contribution in [2.24, 2.45) is 35.5 Å². The van der Waals surface area contributed by atoms with E-state index in [0.29, 0.717) is 11.8 Å². The molecule has 5 aliphatic rings. The van der Waals surface area contributed by atoms with Crippen LogP contribution in [0.5, 0.6) is 0 Å². The van der Waals surface area contributed by atoms with Gasteiger partial charge in [-0.3, -0.25) is 14.5 Å². The average molecular weight is 414 g/mol. The van der Waals surface area contributed by atoms with Crippen molar-refractivity contribution in [3.05, 3.63) is 28.2 Å². The Bertz CT molecular complexity index is 774. The summed E-state index contributed by atoms with van der Waals surface area (Å²) in [5.74, 6) is 0.314. The number of nitrogens with zero attached hydrogens (tertiary/aromatic N) is 1. The zero-order valence-electron chi connectivity index (χ0n) is 13.1. The van der Waals surface area contributed by atoms with Crippen LogP contribution in [0, 0.1) is 35.5 Å². The summed E-state index contributed by atoms with van der Waals surface area (Å²) >= 11 is 2.90. The van der Waals surface area contributed by atoms with Crippen LogP contribution in [0.15, 0.2) is 22.7 Å². The van der Waals surface area contributed by atoms with Crippen LogP contribution in [0.4, 0.5) is 18.9 Å². The fourth-order valence-corrected chi connectivity index (χ4v) is 6.13. The highest BCUT2D eigenvalue weighted by Gasteiger charge is 2.68. The van der Waals surface area contributed by atoms with Gasteiger partial charge in [-0.2, -0.15) is 13.2 Å². The fourth-order valence-electron chi connectivity index (χ4n) is 5.66. The van der Waals surface area contributed by atoms with Crippen LogP contribution in [0.3, 0.4) is 0 Å². The summed E-state index contributed by atoms with van der Waals surface area (Å²) in [6, 6.07) is 3.57. The summed E-state index contributed by atoms with van der Waals surface area (Å²) < 4.78 is 39.4. The number of hydrogen-bond donors (Lipinski definition) is 0. The molecular formula is C18H15BrF3NO2. The minimum atomic E-state index is -4.55. The van der Waals surface area contributed by atoms with E-state index >= 15 is 0 Å². The Labute approximate surface area is 150 Å². The van der Waals surface area contributed by atoms with E-state index in [2.05, 4.69) is 15.9 Å². The molecule has 5 fully saturated rings. The van der Waals surface area contributed by atoms with Gasteiger partial charge in [0.25, 0.3) is 0 Å². The molecule has 3 nitrogen and oxygen atoms in total. The monoisotopic (exact) mass is 413 g/mol. The third-order valence-corrected chi connectivity index (χ3v) is 7.35. The number of fused-ring (bicyclic) bond motifs is 1. The molecule has 1 aromatic rings. The van der Waals surface area contributed by atoms with Crippen molar-refractivity contribution < 1.29 is 22.8 Å². The number of hydrogen-bond acceptors (Lipinski definition) is 2. The minimum absolute atomic E-state index is 0.0352. The number of halogens is 4. The SMILES string of the molecule is O=C1[C@@H]2[C@@H]3CC[C@@H]([C@H]4C[C@H]43)[C@@H]2C(=O)N1c1ccc(Br)c(C(F)(F)F)c1. The van der Waals surface area contributed by atoms with E-state index in [1.807, 2.05) is 0 Å². The van der Waals surface area contributed by atoms with Gasteiger partial charge in [0.2, 0.25) is 11.8 Å². The highest BCUT2D eigenvalue weighted by molar-refractivity contribution is 9.10. The van der Waals surface area contributed by atoms with Crippen molar-refractivity contribution in [3.8, 4) is 0 Å². The Kier molecular flexibility index (Phi) is 3.09. The van der Waals surface area contributed by atoms with Crippen molar-refractivity contribution in [3.63, 3.8) is 0 Å². The third kappa shape index (κ3) is 2.04. The number of imide groups is 1. The van der Waals surface area contributed by atoms with Crippen LogP contribution in [-0.2, 0) is 15.8 Å². The molecule has 1 aromatic carbocycles. The highest BCUT2D eigenvalue weighted by atomic mass is 79.9. The Hall–Kier alpha value is -1.37. The molecule has 25 heavy (non-hydrogen) atoms. The van der Waals surface area contributed by atoms with Crippen LogP contribution in [0.2, 0.25) is 0 Å². The van der Waals surface area contributed by atoms with E-state index in [-0.39, 0.29) is 45.6 Å². The Morgan fingerprint density at radius 3 is 2.04 bits per heavy atom. The number of amides is 2. The lowest BCUT2D eigenvalue weighted by Crippen LogP contribution is -2.43. The van der Waals surface area contributed by atoms with E-state index < -0.39 is 11.7 Å². The zero-order valence-corrected chi connectivity index (χ0v) is 14.7. The molecular weight excluding hydrogens is 399 g/mol. The molecule has 2 amide bonds. The Morgan fingerprint density at radius 2 is 1.52 bits per heavy atom. The van der Waals surface area contributed by atoms with Gasteiger partial charge in [-0.1, -0.05) is 15.9 Å². The number of carbonyl (C=O) groups excluding carboxylic acids is 2. The molecule has 0 unspecified atom stereocenters. The summed E-state index contributed by atoms with van der Waals surface area (Å²) in [5.41, 5.74) is -0.834. The maximum atomic E-state index is 13.2. The second kappa shape index (κ2) is 4.87. The summed E-state index contributed by atoms with van der Waals surface area (Å²) in [5, 5.41) is 0.